The molecule has 1 aliphatic rings. The summed E-state index contributed by atoms with van der Waals surface area (Å²) in [5.41, 5.74) is 6.32. The van der Waals surface area contributed by atoms with Crippen molar-refractivity contribution in [2.75, 3.05) is 19.8 Å². The highest BCUT2D eigenvalue weighted by Gasteiger charge is 2.31. The van der Waals surface area contributed by atoms with Crippen molar-refractivity contribution in [1.82, 2.24) is 16.0 Å². The van der Waals surface area contributed by atoms with Crippen LogP contribution < -0.4 is 20.7 Å². The van der Waals surface area contributed by atoms with E-state index in [1.54, 1.807) is 12.2 Å². The summed E-state index contributed by atoms with van der Waals surface area (Å²) in [6.07, 6.45) is 3.63. The van der Waals surface area contributed by atoms with Crippen LogP contribution in [0.4, 0.5) is 4.79 Å². The van der Waals surface area contributed by atoms with Crippen LogP contribution in [0.1, 0.15) is 67.7 Å². The molecule has 5 rings (SSSR count). The number of rotatable bonds is 23. The molecule has 4 N–H and O–H groups in total. The van der Waals surface area contributed by atoms with Gasteiger partial charge in [0.25, 0.3) is 0 Å². The van der Waals surface area contributed by atoms with Crippen molar-refractivity contribution in [2.24, 2.45) is 11.8 Å². The van der Waals surface area contributed by atoms with E-state index in [9.17, 15) is 24.3 Å². The van der Waals surface area contributed by atoms with Gasteiger partial charge in [-0.15, -0.1) is 13.2 Å². The first-order valence-corrected chi connectivity index (χ1v) is 20.6. The van der Waals surface area contributed by atoms with Crippen LogP contribution in [0.2, 0.25) is 0 Å². The molecule has 4 aromatic rings. The molecule has 3 amide bonds. The van der Waals surface area contributed by atoms with Crippen LogP contribution >= 0.6 is 0 Å². The van der Waals surface area contributed by atoms with E-state index in [1.165, 1.54) is 0 Å². The van der Waals surface area contributed by atoms with Crippen LogP contribution in [0.25, 0.3) is 11.1 Å². The van der Waals surface area contributed by atoms with Crippen molar-refractivity contribution < 1.29 is 38.5 Å². The lowest BCUT2D eigenvalue weighted by Crippen LogP contribution is -2.48. The van der Waals surface area contributed by atoms with E-state index in [2.05, 4.69) is 41.2 Å². The molecule has 0 bridgehead atoms. The summed E-state index contributed by atoms with van der Waals surface area (Å²) in [5.74, 6) is -1.79. The van der Waals surface area contributed by atoms with Gasteiger partial charge in [-0.05, 0) is 77.1 Å². The Labute approximate surface area is 353 Å². The number of nitrogens with one attached hydrogen (secondary N) is 3. The number of aliphatic hydroxyl groups is 1. The predicted octanol–water partition coefficient (Wildman–Crippen LogP) is 7.43. The maximum atomic E-state index is 13.6. The summed E-state index contributed by atoms with van der Waals surface area (Å²) in [4.78, 5) is 53.3. The van der Waals surface area contributed by atoms with E-state index in [-0.39, 0.29) is 50.9 Å². The second-order valence-corrected chi connectivity index (χ2v) is 15.4. The number of aliphatic hydroxyl groups excluding tert-OH is 1. The zero-order valence-corrected chi connectivity index (χ0v) is 34.5. The summed E-state index contributed by atoms with van der Waals surface area (Å²) in [6.45, 7) is 11.4. The fourth-order valence-electron chi connectivity index (χ4n) is 7.19. The Kier molecular flexibility index (Phi) is 17.1. The van der Waals surface area contributed by atoms with Crippen molar-refractivity contribution in [3.05, 3.63) is 151 Å². The van der Waals surface area contributed by atoms with Crippen LogP contribution in [0.15, 0.2) is 128 Å². The minimum Gasteiger partial charge on any atom is -0.489 e. The summed E-state index contributed by atoms with van der Waals surface area (Å²) >= 11 is 0. The summed E-state index contributed by atoms with van der Waals surface area (Å²) < 4.78 is 17.2. The number of esters is 1. The van der Waals surface area contributed by atoms with Crippen LogP contribution in [-0.2, 0) is 36.9 Å². The Morgan fingerprint density at radius 2 is 1.42 bits per heavy atom. The molecule has 0 fully saturated rings. The van der Waals surface area contributed by atoms with Gasteiger partial charge in [-0.25, -0.2) is 9.59 Å². The minimum absolute atomic E-state index is 0.0919. The van der Waals surface area contributed by atoms with Crippen LogP contribution in [0.5, 0.6) is 5.75 Å². The third-order valence-corrected chi connectivity index (χ3v) is 10.6. The number of carbonyl (C=O) groups excluding carboxylic acids is 4. The fourth-order valence-corrected chi connectivity index (χ4v) is 7.19. The van der Waals surface area contributed by atoms with Crippen molar-refractivity contribution in [3.63, 3.8) is 0 Å². The Hall–Kier alpha value is -6.20. The molecular formula is C49H57N3O8. The molecule has 0 aromatic heterocycles. The smallest absolute Gasteiger partial charge is 0.407 e. The van der Waals surface area contributed by atoms with Gasteiger partial charge in [0.15, 0.2) is 0 Å². The SMILES string of the molecule is C=CCC[C@H](NC(=O)OCC1c2ccccc2-c2ccccc21)C(=O)OC[C@@H](NC(=O)[C@H](CC=C)CC(=O)N[C@H](CO)Cc1ccc(OCc2ccccc2)cc1)C(C)C. The first kappa shape index (κ1) is 44.9. The lowest BCUT2D eigenvalue weighted by molar-refractivity contribution is -0.148. The zero-order valence-electron chi connectivity index (χ0n) is 34.5. The van der Waals surface area contributed by atoms with Gasteiger partial charge >= 0.3 is 12.1 Å². The third kappa shape index (κ3) is 12.9. The molecule has 4 atom stereocenters. The number of allylic oxidation sites excluding steroid dienone is 2. The van der Waals surface area contributed by atoms with Crippen molar-refractivity contribution in [1.29, 1.82) is 0 Å². The molecule has 0 saturated carbocycles. The van der Waals surface area contributed by atoms with E-state index < -0.39 is 47.9 Å². The number of benzene rings is 4. The summed E-state index contributed by atoms with van der Waals surface area (Å²) in [6, 6.07) is 31.2. The van der Waals surface area contributed by atoms with Crippen molar-refractivity contribution >= 4 is 23.9 Å². The number of ether oxygens (including phenoxy) is 3. The van der Waals surface area contributed by atoms with Gasteiger partial charge in [0, 0.05) is 12.3 Å². The quantitative estimate of drug-likeness (QED) is 0.0446. The number of carbonyl (C=O) groups is 4. The van der Waals surface area contributed by atoms with E-state index >= 15 is 0 Å². The highest BCUT2D eigenvalue weighted by Crippen LogP contribution is 2.44. The van der Waals surface area contributed by atoms with Gasteiger partial charge < -0.3 is 35.3 Å². The average molecular weight is 816 g/mol. The lowest BCUT2D eigenvalue weighted by atomic mass is 9.97. The highest BCUT2D eigenvalue weighted by atomic mass is 16.6. The van der Waals surface area contributed by atoms with Gasteiger partial charge in [0.2, 0.25) is 11.8 Å². The molecule has 60 heavy (non-hydrogen) atoms. The molecular weight excluding hydrogens is 759 g/mol. The number of amides is 3. The molecule has 0 aliphatic heterocycles. The highest BCUT2D eigenvalue weighted by molar-refractivity contribution is 5.86. The Morgan fingerprint density at radius 3 is 2.03 bits per heavy atom. The largest absolute Gasteiger partial charge is 0.489 e. The maximum Gasteiger partial charge on any atom is 0.407 e. The first-order chi connectivity index (χ1) is 29.1. The molecule has 0 spiro atoms. The number of alkyl carbamates (subject to hydrolysis) is 1. The maximum absolute atomic E-state index is 13.6. The molecule has 0 saturated heterocycles. The first-order valence-electron chi connectivity index (χ1n) is 20.6. The van der Waals surface area contributed by atoms with Gasteiger partial charge in [0.05, 0.1) is 24.6 Å². The van der Waals surface area contributed by atoms with Crippen molar-refractivity contribution in [3.8, 4) is 16.9 Å². The minimum atomic E-state index is -1.01. The predicted molar refractivity (Wildman–Crippen MR) is 232 cm³/mol. The van der Waals surface area contributed by atoms with Gasteiger partial charge in [-0.1, -0.05) is 117 Å². The molecule has 316 valence electrons. The average Bonchev–Trinajstić information content (AvgIpc) is 3.58. The van der Waals surface area contributed by atoms with E-state index in [0.29, 0.717) is 25.2 Å². The normalized spacial score (nSPS) is 13.7. The van der Waals surface area contributed by atoms with Crippen LogP contribution in [0, 0.1) is 11.8 Å². The second kappa shape index (κ2) is 22.8. The number of hydrogen-bond donors (Lipinski definition) is 4. The third-order valence-electron chi connectivity index (χ3n) is 10.6. The molecule has 11 heteroatoms. The fraction of sp³-hybridized carbons (Fsp3) is 0.347. The number of hydrogen-bond acceptors (Lipinski definition) is 8. The lowest BCUT2D eigenvalue weighted by Gasteiger charge is -2.26. The summed E-state index contributed by atoms with van der Waals surface area (Å²) in [5, 5.41) is 18.6. The van der Waals surface area contributed by atoms with E-state index in [0.717, 1.165) is 33.4 Å². The molecule has 1 aliphatic carbocycles. The second-order valence-electron chi connectivity index (χ2n) is 15.4. The standard InChI is InChI=1S/C49H57N3O8/c1-5-7-22-44(52-49(57)60-31-43-41-20-13-11-18-39(41)40-19-12-14-21-42(40)43)48(56)59-32-45(33(3)4)51-47(55)36(15-6-2)28-46(54)50-37(29-53)27-34-23-25-38(26-24-34)58-30-35-16-9-8-10-17-35/h5-6,8-14,16-21,23-26,33,36-37,43-45,53H,1-2,7,15,22,27-32H2,3-4H3,(H,50,54)(H,51,55)(H,52,57)/t36-,37+,44+,45-/m1/s1. The molecule has 0 unspecified atom stereocenters. The Morgan fingerprint density at radius 1 is 0.767 bits per heavy atom. The molecule has 0 heterocycles. The topological polar surface area (TPSA) is 152 Å². The Bertz CT molecular complexity index is 2010. The van der Waals surface area contributed by atoms with Crippen molar-refractivity contribution in [2.45, 2.75) is 76.6 Å². The van der Waals surface area contributed by atoms with E-state index in [1.807, 2.05) is 105 Å². The summed E-state index contributed by atoms with van der Waals surface area (Å²) in [7, 11) is 0. The monoisotopic (exact) mass is 815 g/mol. The van der Waals surface area contributed by atoms with Gasteiger partial charge in [-0.2, -0.15) is 0 Å². The molecule has 11 nitrogen and oxygen atoms in total. The van der Waals surface area contributed by atoms with Crippen LogP contribution in [0.3, 0.4) is 0 Å². The van der Waals surface area contributed by atoms with Crippen LogP contribution in [-0.4, -0.2) is 66.9 Å². The number of fused-ring (bicyclic) bond motifs is 3. The van der Waals surface area contributed by atoms with E-state index in [4.69, 9.17) is 14.2 Å². The zero-order chi connectivity index (χ0) is 42.9. The van der Waals surface area contributed by atoms with Gasteiger partial charge in [0.1, 0.15) is 31.6 Å². The molecule has 4 aromatic carbocycles. The Balaban J connectivity index is 1.10. The molecule has 0 radical (unpaired) electrons. The van der Waals surface area contributed by atoms with Gasteiger partial charge in [-0.3, -0.25) is 9.59 Å².